The lowest BCUT2D eigenvalue weighted by atomic mass is 9.94. The Morgan fingerprint density at radius 2 is 1.54 bits per heavy atom. The van der Waals surface area contributed by atoms with Gasteiger partial charge >= 0.3 is 0 Å². The van der Waals surface area contributed by atoms with Gasteiger partial charge in [-0.3, -0.25) is 9.59 Å². The summed E-state index contributed by atoms with van der Waals surface area (Å²) in [6, 6.07) is 15.2. The first-order chi connectivity index (χ1) is 13.5. The van der Waals surface area contributed by atoms with Crippen LogP contribution in [0.5, 0.6) is 0 Å². The Morgan fingerprint density at radius 1 is 0.929 bits per heavy atom. The standard InChI is InChI=1S/C22H26FN3O2/c1-16(20(24)17-8-3-2-4-9-17)21(27)25-12-7-13-26(15-14-25)22(28)18-10-5-6-11-19(18)23/h2-6,8-11,16,20H,7,12-15,24H2,1H3. The van der Waals surface area contributed by atoms with Gasteiger partial charge in [-0.15, -0.1) is 0 Å². The smallest absolute Gasteiger partial charge is 0.256 e. The van der Waals surface area contributed by atoms with Crippen LogP contribution >= 0.6 is 0 Å². The fourth-order valence-corrected chi connectivity index (χ4v) is 3.55. The van der Waals surface area contributed by atoms with E-state index in [4.69, 9.17) is 5.73 Å². The number of carbonyl (C=O) groups excluding carboxylic acids is 2. The summed E-state index contributed by atoms with van der Waals surface area (Å²) in [6.07, 6.45) is 0.652. The lowest BCUT2D eigenvalue weighted by Gasteiger charge is -2.27. The summed E-state index contributed by atoms with van der Waals surface area (Å²) in [4.78, 5) is 29.0. The van der Waals surface area contributed by atoms with Crippen molar-refractivity contribution in [2.75, 3.05) is 26.2 Å². The van der Waals surface area contributed by atoms with Gasteiger partial charge in [-0.2, -0.15) is 0 Å². The lowest BCUT2D eigenvalue weighted by Crippen LogP contribution is -2.42. The van der Waals surface area contributed by atoms with Crippen molar-refractivity contribution in [2.45, 2.75) is 19.4 Å². The van der Waals surface area contributed by atoms with Crippen LogP contribution in [0, 0.1) is 11.7 Å². The number of halogens is 1. The second-order valence-corrected chi connectivity index (χ2v) is 7.18. The molecular formula is C22H26FN3O2. The number of hydrogen-bond donors (Lipinski definition) is 1. The molecule has 1 heterocycles. The van der Waals surface area contributed by atoms with Crippen LogP contribution in [-0.4, -0.2) is 47.8 Å². The molecule has 1 fully saturated rings. The molecule has 1 aliphatic rings. The minimum absolute atomic E-state index is 0.0171. The molecule has 0 aromatic heterocycles. The molecule has 6 heteroatoms. The molecule has 0 saturated carbocycles. The van der Waals surface area contributed by atoms with E-state index >= 15 is 0 Å². The summed E-state index contributed by atoms with van der Waals surface area (Å²) in [6.45, 7) is 3.70. The van der Waals surface area contributed by atoms with Crippen LogP contribution in [-0.2, 0) is 4.79 Å². The third-order valence-electron chi connectivity index (χ3n) is 5.31. The van der Waals surface area contributed by atoms with Gasteiger partial charge < -0.3 is 15.5 Å². The third-order valence-corrected chi connectivity index (χ3v) is 5.31. The first-order valence-electron chi connectivity index (χ1n) is 9.62. The van der Waals surface area contributed by atoms with Gasteiger partial charge in [0.25, 0.3) is 5.91 Å². The molecule has 2 N–H and O–H groups in total. The maximum Gasteiger partial charge on any atom is 0.256 e. The van der Waals surface area contributed by atoms with E-state index in [0.29, 0.717) is 32.6 Å². The highest BCUT2D eigenvalue weighted by Crippen LogP contribution is 2.22. The highest BCUT2D eigenvalue weighted by Gasteiger charge is 2.29. The summed E-state index contributed by atoms with van der Waals surface area (Å²) in [7, 11) is 0. The van der Waals surface area contributed by atoms with Gasteiger partial charge in [-0.1, -0.05) is 49.4 Å². The van der Waals surface area contributed by atoms with Gasteiger partial charge in [0.05, 0.1) is 11.5 Å². The van der Waals surface area contributed by atoms with Crippen molar-refractivity contribution in [2.24, 2.45) is 11.7 Å². The van der Waals surface area contributed by atoms with Gasteiger partial charge in [-0.05, 0) is 24.1 Å². The van der Waals surface area contributed by atoms with Crippen LogP contribution in [0.25, 0.3) is 0 Å². The molecule has 2 aromatic rings. The number of rotatable bonds is 4. The Kier molecular flexibility index (Phi) is 6.41. The van der Waals surface area contributed by atoms with Crippen molar-refractivity contribution in [1.82, 2.24) is 9.80 Å². The highest BCUT2D eigenvalue weighted by atomic mass is 19.1. The van der Waals surface area contributed by atoms with Crippen LogP contribution in [0.4, 0.5) is 4.39 Å². The summed E-state index contributed by atoms with van der Waals surface area (Å²) in [5.74, 6) is -1.23. The average Bonchev–Trinajstić information content (AvgIpc) is 2.99. The van der Waals surface area contributed by atoms with Crippen molar-refractivity contribution in [1.29, 1.82) is 0 Å². The van der Waals surface area contributed by atoms with E-state index in [1.54, 1.807) is 21.9 Å². The maximum atomic E-state index is 13.9. The van der Waals surface area contributed by atoms with Crippen molar-refractivity contribution in [3.63, 3.8) is 0 Å². The van der Waals surface area contributed by atoms with Crippen molar-refractivity contribution in [3.05, 3.63) is 71.5 Å². The molecule has 1 aliphatic heterocycles. The molecule has 2 amide bonds. The second-order valence-electron chi connectivity index (χ2n) is 7.18. The van der Waals surface area contributed by atoms with E-state index < -0.39 is 5.82 Å². The first kappa shape index (κ1) is 20.0. The SMILES string of the molecule is CC(C(=O)N1CCCN(C(=O)c2ccccc2F)CC1)C(N)c1ccccc1. The van der Waals surface area contributed by atoms with Gasteiger partial charge in [0, 0.05) is 32.2 Å². The topological polar surface area (TPSA) is 66.6 Å². The molecular weight excluding hydrogens is 357 g/mol. The first-order valence-corrected chi connectivity index (χ1v) is 9.62. The zero-order valence-electron chi connectivity index (χ0n) is 16.1. The van der Waals surface area contributed by atoms with Gasteiger partial charge in [-0.25, -0.2) is 4.39 Å². The van der Waals surface area contributed by atoms with E-state index in [-0.39, 0.29) is 29.3 Å². The van der Waals surface area contributed by atoms with Crippen LogP contribution < -0.4 is 5.73 Å². The van der Waals surface area contributed by atoms with Gasteiger partial charge in [0.2, 0.25) is 5.91 Å². The number of amides is 2. The fourth-order valence-electron chi connectivity index (χ4n) is 3.55. The minimum atomic E-state index is -0.521. The Bertz CT molecular complexity index is 828. The summed E-state index contributed by atoms with van der Waals surface area (Å²) in [5, 5.41) is 0. The van der Waals surface area contributed by atoms with Gasteiger partial charge in [0.1, 0.15) is 5.82 Å². The number of hydrogen-bond acceptors (Lipinski definition) is 3. The highest BCUT2D eigenvalue weighted by molar-refractivity contribution is 5.94. The Hall–Kier alpha value is -2.73. The minimum Gasteiger partial charge on any atom is -0.341 e. The summed E-state index contributed by atoms with van der Waals surface area (Å²) >= 11 is 0. The zero-order valence-corrected chi connectivity index (χ0v) is 16.1. The van der Waals surface area contributed by atoms with E-state index in [2.05, 4.69) is 0 Å². The molecule has 5 nitrogen and oxygen atoms in total. The third kappa shape index (κ3) is 4.39. The maximum absolute atomic E-state index is 13.9. The average molecular weight is 383 g/mol. The number of nitrogens with zero attached hydrogens (tertiary/aromatic N) is 2. The van der Waals surface area contributed by atoms with Gasteiger partial charge in [0.15, 0.2) is 0 Å². The largest absolute Gasteiger partial charge is 0.341 e. The molecule has 0 aliphatic carbocycles. The van der Waals surface area contributed by atoms with E-state index in [9.17, 15) is 14.0 Å². The summed E-state index contributed by atoms with van der Waals surface area (Å²) < 4.78 is 13.9. The molecule has 0 spiro atoms. The molecule has 0 radical (unpaired) electrons. The molecule has 3 rings (SSSR count). The quantitative estimate of drug-likeness (QED) is 0.883. The second kappa shape index (κ2) is 8.97. The summed E-state index contributed by atoms with van der Waals surface area (Å²) in [5.41, 5.74) is 7.30. The molecule has 2 atom stereocenters. The predicted octanol–water partition coefficient (Wildman–Crippen LogP) is 2.84. The number of nitrogens with two attached hydrogens (primary N) is 1. The van der Waals surface area contributed by atoms with Crippen LogP contribution in [0.3, 0.4) is 0 Å². The number of carbonyl (C=O) groups is 2. The monoisotopic (exact) mass is 383 g/mol. The Balaban J connectivity index is 1.64. The molecule has 0 bridgehead atoms. The lowest BCUT2D eigenvalue weighted by molar-refractivity contribution is -0.135. The van der Waals surface area contributed by atoms with Crippen molar-refractivity contribution in [3.8, 4) is 0 Å². The van der Waals surface area contributed by atoms with Crippen molar-refractivity contribution < 1.29 is 14.0 Å². The molecule has 2 unspecified atom stereocenters. The molecule has 1 saturated heterocycles. The van der Waals surface area contributed by atoms with Crippen LogP contribution in [0.1, 0.15) is 35.3 Å². The molecule has 2 aromatic carbocycles. The normalized spacial score (nSPS) is 17.0. The van der Waals surface area contributed by atoms with E-state index in [1.807, 2.05) is 37.3 Å². The molecule has 28 heavy (non-hydrogen) atoms. The van der Waals surface area contributed by atoms with Crippen molar-refractivity contribution >= 4 is 11.8 Å². The zero-order chi connectivity index (χ0) is 20.1. The van der Waals surface area contributed by atoms with Crippen LogP contribution in [0.15, 0.2) is 54.6 Å². The predicted molar refractivity (Wildman–Crippen MR) is 106 cm³/mol. The Labute approximate surface area is 164 Å². The molecule has 148 valence electrons. The van der Waals surface area contributed by atoms with Crippen LogP contribution in [0.2, 0.25) is 0 Å². The van der Waals surface area contributed by atoms with E-state index in [0.717, 1.165) is 5.56 Å². The fraction of sp³-hybridized carbons (Fsp3) is 0.364. The van der Waals surface area contributed by atoms with E-state index in [1.165, 1.54) is 12.1 Å². The number of benzene rings is 2. The Morgan fingerprint density at radius 3 is 2.25 bits per heavy atom.